The monoisotopic (exact) mass is 385 g/mol. The van der Waals surface area contributed by atoms with Gasteiger partial charge in [0.05, 0.1) is 6.10 Å². The van der Waals surface area contributed by atoms with Gasteiger partial charge < -0.3 is 20.1 Å². The molecule has 1 atom stereocenters. The Labute approximate surface area is 146 Å². The summed E-state index contributed by atoms with van der Waals surface area (Å²) in [5.41, 5.74) is 6.48. The summed E-state index contributed by atoms with van der Waals surface area (Å²) in [6.45, 7) is 1.68. The van der Waals surface area contributed by atoms with Crippen LogP contribution in [0.15, 0.2) is 12.1 Å². The summed E-state index contributed by atoms with van der Waals surface area (Å²) < 4.78 is 41.9. The molecule has 0 radical (unpaired) electrons. The Morgan fingerprint density at radius 1 is 1.48 bits per heavy atom. The first-order chi connectivity index (χ1) is 11.6. The van der Waals surface area contributed by atoms with Crippen LogP contribution in [0.3, 0.4) is 0 Å². The fourth-order valence-corrected chi connectivity index (χ4v) is 3.75. The molecule has 4 N–H and O–H groups in total. The van der Waals surface area contributed by atoms with Gasteiger partial charge in [-0.15, -0.1) is 5.10 Å². The number of hydrogen-bond donors (Lipinski definition) is 3. The minimum atomic E-state index is -4.28. The van der Waals surface area contributed by atoms with E-state index in [1.54, 1.807) is 13.0 Å². The van der Waals surface area contributed by atoms with Gasteiger partial charge >= 0.3 is 7.12 Å². The van der Waals surface area contributed by atoms with E-state index in [0.717, 1.165) is 11.3 Å². The van der Waals surface area contributed by atoms with E-state index in [1.165, 1.54) is 6.07 Å². The Hall–Kier alpha value is -2.06. The Kier molecular flexibility index (Phi) is 4.51. The third kappa shape index (κ3) is 3.80. The second kappa shape index (κ2) is 6.35. The molecule has 1 aliphatic rings. The zero-order valence-corrected chi connectivity index (χ0v) is 14.4. The molecule has 0 aliphatic carbocycles. The lowest BCUT2D eigenvalue weighted by molar-refractivity contribution is 0.0999. The zero-order chi connectivity index (χ0) is 18.4. The van der Waals surface area contributed by atoms with Crippen LogP contribution in [0.1, 0.15) is 27.0 Å². The van der Waals surface area contributed by atoms with E-state index in [1.807, 2.05) is 0 Å². The van der Waals surface area contributed by atoms with Crippen molar-refractivity contribution in [3.63, 3.8) is 0 Å². The van der Waals surface area contributed by atoms with Crippen LogP contribution in [0, 0.1) is 6.92 Å². The van der Waals surface area contributed by atoms with E-state index in [2.05, 4.69) is 10.2 Å². The van der Waals surface area contributed by atoms with Crippen molar-refractivity contribution < 1.29 is 32.2 Å². The lowest BCUT2D eigenvalue weighted by atomic mass is 9.78. The maximum Gasteiger partial charge on any atom is 0.492 e. The van der Waals surface area contributed by atoms with Gasteiger partial charge in [-0.2, -0.15) is 8.42 Å². The summed E-state index contributed by atoms with van der Waals surface area (Å²) >= 11 is 0.859. The second-order valence-corrected chi connectivity index (χ2v) is 7.75. The van der Waals surface area contributed by atoms with Gasteiger partial charge in [0, 0.05) is 0 Å². The van der Waals surface area contributed by atoms with Crippen molar-refractivity contribution in [2.75, 3.05) is 5.75 Å². The summed E-state index contributed by atoms with van der Waals surface area (Å²) in [5.74, 6) is -1.11. The number of rotatable bonds is 5. The summed E-state index contributed by atoms with van der Waals surface area (Å²) in [4.78, 5) is 11.0. The van der Waals surface area contributed by atoms with Crippen LogP contribution in [0.5, 0.6) is 10.9 Å². The molecule has 10 nitrogen and oxygen atoms in total. The largest absolute Gasteiger partial charge is 0.492 e. The molecule has 1 amide bonds. The van der Waals surface area contributed by atoms with Crippen molar-refractivity contribution in [2.24, 2.45) is 5.73 Å². The fourth-order valence-electron chi connectivity index (χ4n) is 2.56. The minimum absolute atomic E-state index is 0.00975. The van der Waals surface area contributed by atoms with Gasteiger partial charge in [-0.1, -0.05) is 5.10 Å². The lowest BCUT2D eigenvalue weighted by Gasteiger charge is -2.13. The molecule has 1 aromatic heterocycles. The molecular weight excluding hydrogens is 373 g/mol. The number of fused-ring (bicyclic) bond motifs is 1. The molecular formula is C12H12BN3O7S2. The van der Waals surface area contributed by atoms with Gasteiger partial charge in [0.2, 0.25) is 5.01 Å². The predicted octanol–water partition coefficient (Wildman–Crippen LogP) is -0.616. The number of aromatic nitrogens is 2. The first kappa shape index (κ1) is 17.8. The van der Waals surface area contributed by atoms with Gasteiger partial charge in [-0.3, -0.25) is 9.35 Å². The Bertz CT molecular complexity index is 946. The van der Waals surface area contributed by atoms with Crippen LogP contribution in [0.25, 0.3) is 0 Å². The van der Waals surface area contributed by atoms with Crippen LogP contribution in [0.2, 0.25) is 0 Å². The van der Waals surface area contributed by atoms with E-state index in [9.17, 15) is 18.2 Å². The van der Waals surface area contributed by atoms with E-state index in [-0.39, 0.29) is 10.2 Å². The first-order valence-electron chi connectivity index (χ1n) is 6.88. The summed E-state index contributed by atoms with van der Waals surface area (Å²) in [6.07, 6.45) is -0.989. The lowest BCUT2D eigenvalue weighted by Crippen LogP contribution is -2.28. The number of amides is 1. The molecule has 3 rings (SSSR count). The highest BCUT2D eigenvalue weighted by molar-refractivity contribution is 7.85. The number of nitrogens with zero attached hydrogens (tertiary/aromatic N) is 2. The number of nitrogens with two attached hydrogens (primary N) is 1. The van der Waals surface area contributed by atoms with Gasteiger partial charge in [0.25, 0.3) is 21.2 Å². The number of benzene rings is 1. The predicted molar refractivity (Wildman–Crippen MR) is 87.5 cm³/mol. The standard InChI is InChI=1S/C12H12BN3O7S2/c1-5-2-6(22-12-16-15-11(24-12)10(14)17)3-7-9(5)8(23-13(7)18)4-25(19,20)21/h2-3,8,18H,4H2,1H3,(H2,14,17)(H,19,20,21). The number of aryl methyl sites for hydroxylation is 1. The fraction of sp³-hybridized carbons (Fsp3) is 0.250. The molecule has 1 aromatic carbocycles. The van der Waals surface area contributed by atoms with Crippen LogP contribution in [-0.4, -0.2) is 47.0 Å². The number of carbonyl (C=O) groups is 1. The highest BCUT2D eigenvalue weighted by atomic mass is 32.2. The van der Waals surface area contributed by atoms with E-state index >= 15 is 0 Å². The molecule has 1 unspecified atom stereocenters. The molecule has 0 bridgehead atoms. The van der Waals surface area contributed by atoms with Crippen LogP contribution in [-0.2, 0) is 14.8 Å². The summed E-state index contributed by atoms with van der Waals surface area (Å²) in [6, 6.07) is 3.05. The van der Waals surface area contributed by atoms with Crippen molar-refractivity contribution in [1.29, 1.82) is 0 Å². The first-order valence-corrected chi connectivity index (χ1v) is 9.31. The number of primary amides is 1. The van der Waals surface area contributed by atoms with Crippen molar-refractivity contribution in [3.8, 4) is 10.9 Å². The Morgan fingerprint density at radius 2 is 2.20 bits per heavy atom. The molecule has 2 aromatic rings. The van der Waals surface area contributed by atoms with E-state index < -0.39 is 35.0 Å². The maximum atomic E-state index is 11.1. The van der Waals surface area contributed by atoms with E-state index in [0.29, 0.717) is 22.3 Å². The smallest absolute Gasteiger partial charge is 0.430 e. The van der Waals surface area contributed by atoms with Crippen LogP contribution >= 0.6 is 11.3 Å². The minimum Gasteiger partial charge on any atom is -0.430 e. The summed E-state index contributed by atoms with van der Waals surface area (Å²) in [5, 5.41) is 17.3. The molecule has 0 spiro atoms. The SMILES string of the molecule is Cc1cc(Oc2nnc(C(N)=O)s2)cc2c1C(CS(=O)(=O)O)OB2O. The average Bonchev–Trinajstić information content (AvgIpc) is 3.03. The molecule has 1 aliphatic heterocycles. The third-order valence-corrected chi connectivity index (χ3v) is 5.00. The molecule has 2 heterocycles. The van der Waals surface area contributed by atoms with Gasteiger partial charge in [0.1, 0.15) is 11.5 Å². The second-order valence-electron chi connectivity index (χ2n) is 5.31. The highest BCUT2D eigenvalue weighted by Crippen LogP contribution is 2.32. The van der Waals surface area contributed by atoms with Gasteiger partial charge in [-0.05, 0) is 47.0 Å². The average molecular weight is 385 g/mol. The van der Waals surface area contributed by atoms with Crippen molar-refractivity contribution in [3.05, 3.63) is 28.3 Å². The topological polar surface area (TPSA) is 162 Å². The highest BCUT2D eigenvalue weighted by Gasteiger charge is 2.39. The molecule has 132 valence electrons. The quantitative estimate of drug-likeness (QED) is 0.450. The molecule has 25 heavy (non-hydrogen) atoms. The third-order valence-electron chi connectivity index (χ3n) is 3.46. The number of ether oxygens (including phenoxy) is 1. The zero-order valence-electron chi connectivity index (χ0n) is 12.7. The Morgan fingerprint density at radius 3 is 2.80 bits per heavy atom. The van der Waals surface area contributed by atoms with Crippen molar-refractivity contribution in [1.82, 2.24) is 10.2 Å². The normalized spacial score (nSPS) is 16.8. The van der Waals surface area contributed by atoms with Crippen molar-refractivity contribution in [2.45, 2.75) is 13.0 Å². The van der Waals surface area contributed by atoms with Gasteiger partial charge in [-0.25, -0.2) is 0 Å². The summed E-state index contributed by atoms with van der Waals surface area (Å²) in [7, 11) is -5.64. The maximum absolute atomic E-state index is 11.1. The van der Waals surface area contributed by atoms with Crippen LogP contribution in [0.4, 0.5) is 0 Å². The number of hydrogen-bond acceptors (Lipinski definition) is 9. The molecule has 0 saturated heterocycles. The number of carbonyl (C=O) groups excluding carboxylic acids is 1. The van der Waals surface area contributed by atoms with Gasteiger partial charge in [0.15, 0.2) is 0 Å². The Balaban J connectivity index is 1.91. The molecule has 0 saturated carbocycles. The van der Waals surface area contributed by atoms with E-state index in [4.69, 9.17) is 19.7 Å². The molecule has 13 heteroatoms. The van der Waals surface area contributed by atoms with Crippen molar-refractivity contribution >= 4 is 39.9 Å². The molecule has 0 fully saturated rings. The van der Waals surface area contributed by atoms with Crippen LogP contribution < -0.4 is 15.9 Å².